The van der Waals surface area contributed by atoms with Crippen LogP contribution in [0.5, 0.6) is 0 Å². The highest BCUT2D eigenvalue weighted by Gasteiger charge is 1.96. The number of benzene rings is 2. The third-order valence-corrected chi connectivity index (χ3v) is 2.80. The van der Waals surface area contributed by atoms with Crippen LogP contribution in [-0.4, -0.2) is 7.11 Å². The van der Waals surface area contributed by atoms with Gasteiger partial charge in [-0.1, -0.05) is 54.6 Å². The molecular formula is C16H19NO. The molecule has 0 amide bonds. The predicted octanol–water partition coefficient (Wildman–Crippen LogP) is 3.12. The summed E-state index contributed by atoms with van der Waals surface area (Å²) < 4.78 is 5.14. The number of methoxy groups -OCH3 is 1. The Kier molecular flexibility index (Phi) is 4.94. The van der Waals surface area contributed by atoms with Crippen molar-refractivity contribution in [3.8, 4) is 0 Å². The maximum atomic E-state index is 5.14. The molecule has 0 bridgehead atoms. The number of hydrogen-bond donors (Lipinski definition) is 1. The zero-order valence-electron chi connectivity index (χ0n) is 10.7. The van der Waals surface area contributed by atoms with E-state index in [1.165, 1.54) is 16.7 Å². The quantitative estimate of drug-likeness (QED) is 0.839. The molecule has 2 aromatic carbocycles. The van der Waals surface area contributed by atoms with Crippen molar-refractivity contribution in [2.75, 3.05) is 7.11 Å². The first kappa shape index (κ1) is 12.8. The zero-order valence-corrected chi connectivity index (χ0v) is 10.7. The molecule has 0 saturated carbocycles. The van der Waals surface area contributed by atoms with Gasteiger partial charge in [-0.05, 0) is 16.7 Å². The molecule has 0 aliphatic heterocycles. The highest BCUT2D eigenvalue weighted by molar-refractivity contribution is 5.23. The van der Waals surface area contributed by atoms with Gasteiger partial charge in [-0.3, -0.25) is 0 Å². The first-order valence-corrected chi connectivity index (χ1v) is 6.20. The highest BCUT2D eigenvalue weighted by atomic mass is 16.5. The van der Waals surface area contributed by atoms with Crippen LogP contribution in [0.2, 0.25) is 0 Å². The molecule has 0 atom stereocenters. The van der Waals surface area contributed by atoms with Crippen LogP contribution in [0.25, 0.3) is 0 Å². The smallest absolute Gasteiger partial charge is 0.0713 e. The Morgan fingerprint density at radius 2 is 1.50 bits per heavy atom. The van der Waals surface area contributed by atoms with Crippen LogP contribution in [0.15, 0.2) is 54.6 Å². The second-order valence-corrected chi connectivity index (χ2v) is 4.34. The largest absolute Gasteiger partial charge is 0.380 e. The third kappa shape index (κ3) is 3.99. The average Bonchev–Trinajstić information content (AvgIpc) is 2.41. The van der Waals surface area contributed by atoms with Gasteiger partial charge in [0.2, 0.25) is 0 Å². The van der Waals surface area contributed by atoms with Crippen molar-refractivity contribution in [2.24, 2.45) is 0 Å². The third-order valence-electron chi connectivity index (χ3n) is 2.80. The molecule has 0 saturated heterocycles. The molecule has 1 N–H and O–H groups in total. The average molecular weight is 241 g/mol. The van der Waals surface area contributed by atoms with Crippen LogP contribution in [-0.2, 0) is 24.4 Å². The van der Waals surface area contributed by atoms with Crippen LogP contribution in [0.4, 0.5) is 0 Å². The van der Waals surface area contributed by atoms with Gasteiger partial charge in [0.15, 0.2) is 0 Å². The number of nitrogens with one attached hydrogen (secondary N) is 1. The van der Waals surface area contributed by atoms with Crippen molar-refractivity contribution in [3.63, 3.8) is 0 Å². The molecule has 18 heavy (non-hydrogen) atoms. The van der Waals surface area contributed by atoms with Crippen molar-refractivity contribution < 1.29 is 4.74 Å². The molecule has 0 fully saturated rings. The Bertz CT molecular complexity index is 468. The molecule has 2 aromatic rings. The Balaban J connectivity index is 1.84. The minimum Gasteiger partial charge on any atom is -0.380 e. The van der Waals surface area contributed by atoms with Gasteiger partial charge in [0.25, 0.3) is 0 Å². The summed E-state index contributed by atoms with van der Waals surface area (Å²) in [6, 6.07) is 18.9. The van der Waals surface area contributed by atoms with Crippen LogP contribution < -0.4 is 5.32 Å². The molecular weight excluding hydrogens is 222 g/mol. The van der Waals surface area contributed by atoms with Gasteiger partial charge in [0.05, 0.1) is 6.61 Å². The van der Waals surface area contributed by atoms with Crippen molar-refractivity contribution in [1.82, 2.24) is 5.32 Å². The molecule has 0 heterocycles. The molecule has 0 unspecified atom stereocenters. The second-order valence-electron chi connectivity index (χ2n) is 4.34. The lowest BCUT2D eigenvalue weighted by atomic mass is 10.1. The van der Waals surface area contributed by atoms with Crippen LogP contribution in [0.3, 0.4) is 0 Å². The minimum atomic E-state index is 0.673. The predicted molar refractivity (Wildman–Crippen MR) is 74.1 cm³/mol. The van der Waals surface area contributed by atoms with Gasteiger partial charge in [0.1, 0.15) is 0 Å². The molecule has 0 aliphatic rings. The fraction of sp³-hybridized carbons (Fsp3) is 0.250. The van der Waals surface area contributed by atoms with E-state index in [1.807, 2.05) is 6.07 Å². The molecule has 0 spiro atoms. The van der Waals surface area contributed by atoms with Crippen molar-refractivity contribution in [1.29, 1.82) is 0 Å². The molecule has 0 aliphatic carbocycles. The van der Waals surface area contributed by atoms with Gasteiger partial charge >= 0.3 is 0 Å². The van der Waals surface area contributed by atoms with E-state index >= 15 is 0 Å². The van der Waals surface area contributed by atoms with Gasteiger partial charge in [-0.25, -0.2) is 0 Å². The Labute approximate surface area is 109 Å². The summed E-state index contributed by atoms with van der Waals surface area (Å²) in [5, 5.41) is 3.45. The van der Waals surface area contributed by atoms with E-state index in [0.29, 0.717) is 6.61 Å². The topological polar surface area (TPSA) is 21.3 Å². The van der Waals surface area contributed by atoms with Gasteiger partial charge in [0, 0.05) is 20.2 Å². The summed E-state index contributed by atoms with van der Waals surface area (Å²) in [6.07, 6.45) is 0. The van der Waals surface area contributed by atoms with Crippen LogP contribution in [0, 0.1) is 0 Å². The zero-order chi connectivity index (χ0) is 12.6. The summed E-state index contributed by atoms with van der Waals surface area (Å²) >= 11 is 0. The van der Waals surface area contributed by atoms with E-state index in [-0.39, 0.29) is 0 Å². The number of hydrogen-bond acceptors (Lipinski definition) is 2. The van der Waals surface area contributed by atoms with E-state index in [2.05, 4.69) is 53.8 Å². The molecule has 94 valence electrons. The first-order valence-electron chi connectivity index (χ1n) is 6.20. The summed E-state index contributed by atoms with van der Waals surface area (Å²) in [5.74, 6) is 0. The fourth-order valence-corrected chi connectivity index (χ4v) is 1.94. The monoisotopic (exact) mass is 241 g/mol. The van der Waals surface area contributed by atoms with E-state index in [4.69, 9.17) is 4.74 Å². The lowest BCUT2D eigenvalue weighted by molar-refractivity contribution is 0.185. The normalized spacial score (nSPS) is 10.5. The molecule has 0 radical (unpaired) electrons. The Hall–Kier alpha value is -1.64. The molecule has 2 heteroatoms. The summed E-state index contributed by atoms with van der Waals surface area (Å²) in [7, 11) is 1.72. The summed E-state index contributed by atoms with van der Waals surface area (Å²) in [5.41, 5.74) is 3.82. The maximum absolute atomic E-state index is 5.14. The van der Waals surface area contributed by atoms with Crippen molar-refractivity contribution in [2.45, 2.75) is 19.7 Å². The van der Waals surface area contributed by atoms with E-state index in [0.717, 1.165) is 13.1 Å². The standard InChI is InChI=1S/C16H19NO/c1-18-13-16-9-5-8-15(10-16)12-17-11-14-6-3-2-4-7-14/h2-10,17H,11-13H2,1H3. The van der Waals surface area contributed by atoms with Gasteiger partial charge in [-0.15, -0.1) is 0 Å². The van der Waals surface area contributed by atoms with Crippen LogP contribution >= 0.6 is 0 Å². The lowest BCUT2D eigenvalue weighted by Gasteiger charge is -2.07. The van der Waals surface area contributed by atoms with Gasteiger partial charge < -0.3 is 10.1 Å². The van der Waals surface area contributed by atoms with E-state index in [1.54, 1.807) is 7.11 Å². The summed E-state index contributed by atoms with van der Waals surface area (Å²) in [6.45, 7) is 2.45. The van der Waals surface area contributed by atoms with Crippen molar-refractivity contribution >= 4 is 0 Å². The molecule has 2 nitrogen and oxygen atoms in total. The number of rotatable bonds is 6. The Morgan fingerprint density at radius 1 is 0.833 bits per heavy atom. The van der Waals surface area contributed by atoms with E-state index in [9.17, 15) is 0 Å². The summed E-state index contributed by atoms with van der Waals surface area (Å²) in [4.78, 5) is 0. The molecule has 0 aromatic heterocycles. The highest BCUT2D eigenvalue weighted by Crippen LogP contribution is 2.06. The molecule has 2 rings (SSSR count). The lowest BCUT2D eigenvalue weighted by Crippen LogP contribution is -2.12. The van der Waals surface area contributed by atoms with E-state index < -0.39 is 0 Å². The maximum Gasteiger partial charge on any atom is 0.0713 e. The van der Waals surface area contributed by atoms with Crippen molar-refractivity contribution in [3.05, 3.63) is 71.3 Å². The second kappa shape index (κ2) is 6.94. The number of ether oxygens (including phenoxy) is 1. The minimum absolute atomic E-state index is 0.673. The SMILES string of the molecule is COCc1cccc(CNCc2ccccc2)c1. The fourth-order valence-electron chi connectivity index (χ4n) is 1.94. The van der Waals surface area contributed by atoms with Crippen LogP contribution in [0.1, 0.15) is 16.7 Å². The Morgan fingerprint density at radius 3 is 2.28 bits per heavy atom. The van der Waals surface area contributed by atoms with Gasteiger partial charge in [-0.2, -0.15) is 0 Å². The first-order chi connectivity index (χ1) is 8.88.